The van der Waals surface area contributed by atoms with Crippen LogP contribution in [0.1, 0.15) is 26.3 Å². The van der Waals surface area contributed by atoms with Crippen molar-refractivity contribution in [3.8, 4) is 0 Å². The van der Waals surface area contributed by atoms with Gasteiger partial charge in [-0.05, 0) is 24.1 Å². The van der Waals surface area contributed by atoms with E-state index in [0.29, 0.717) is 13.1 Å². The highest BCUT2D eigenvalue weighted by atomic mass is 32.2. The van der Waals surface area contributed by atoms with E-state index in [4.69, 9.17) is 0 Å². The summed E-state index contributed by atoms with van der Waals surface area (Å²) in [5.41, 5.74) is 1.04. The molecule has 0 unspecified atom stereocenters. The second-order valence-corrected chi connectivity index (χ2v) is 8.65. The number of hydrogen-bond acceptors (Lipinski definition) is 4. The summed E-state index contributed by atoms with van der Waals surface area (Å²) >= 11 is 0. The maximum absolute atomic E-state index is 12.1. The lowest BCUT2D eigenvalue weighted by Crippen LogP contribution is -2.37. The Morgan fingerprint density at radius 3 is 1.95 bits per heavy atom. The van der Waals surface area contributed by atoms with Crippen LogP contribution in [0.5, 0.6) is 0 Å². The summed E-state index contributed by atoms with van der Waals surface area (Å²) in [4.78, 5) is 0.143. The van der Waals surface area contributed by atoms with Crippen molar-refractivity contribution in [2.24, 2.45) is 0 Å². The Bertz CT molecular complexity index is 663. The topological polar surface area (TPSA) is 83.5 Å². The predicted octanol–water partition coefficient (Wildman–Crippen LogP) is 1.20. The van der Waals surface area contributed by atoms with Crippen LogP contribution in [-0.4, -0.2) is 46.5 Å². The van der Waals surface area contributed by atoms with Crippen LogP contribution in [0.3, 0.4) is 0 Å². The van der Waals surface area contributed by atoms with Crippen LogP contribution in [0.2, 0.25) is 0 Å². The summed E-state index contributed by atoms with van der Waals surface area (Å²) in [6.07, 6.45) is 0.829. The van der Waals surface area contributed by atoms with E-state index in [1.54, 1.807) is 26.0 Å². The molecule has 1 aromatic carbocycles. The number of benzene rings is 1. The van der Waals surface area contributed by atoms with Crippen LogP contribution in [0, 0.1) is 0 Å². The van der Waals surface area contributed by atoms with Crippen LogP contribution in [0.15, 0.2) is 29.2 Å². The highest BCUT2D eigenvalue weighted by molar-refractivity contribution is 7.90. The van der Waals surface area contributed by atoms with Gasteiger partial charge < -0.3 is 0 Å². The second-order valence-electron chi connectivity index (χ2n) is 4.80. The van der Waals surface area contributed by atoms with Gasteiger partial charge in [-0.1, -0.05) is 32.9 Å². The zero-order valence-corrected chi connectivity index (χ0v) is 14.9. The van der Waals surface area contributed by atoms with Gasteiger partial charge in [-0.3, -0.25) is 0 Å². The smallest absolute Gasteiger partial charge is 0.212 e. The molecule has 0 saturated carbocycles. The van der Waals surface area contributed by atoms with Gasteiger partial charge >= 0.3 is 0 Å². The van der Waals surface area contributed by atoms with Crippen molar-refractivity contribution in [3.63, 3.8) is 0 Å². The van der Waals surface area contributed by atoms with Crippen molar-refractivity contribution in [1.29, 1.82) is 0 Å². The minimum Gasteiger partial charge on any atom is -0.212 e. The Kier molecular flexibility index (Phi) is 6.98. The zero-order valence-electron chi connectivity index (χ0n) is 13.2. The molecule has 22 heavy (non-hydrogen) atoms. The molecule has 0 heterocycles. The predicted molar refractivity (Wildman–Crippen MR) is 87.7 cm³/mol. The maximum atomic E-state index is 12.1. The SMILES string of the molecule is CCc1ccc(S(=O)(=O)NCCS(=O)(=O)N(CC)CC)cc1. The van der Waals surface area contributed by atoms with E-state index in [2.05, 4.69) is 4.72 Å². The molecule has 0 aliphatic carbocycles. The lowest BCUT2D eigenvalue weighted by Gasteiger charge is -2.18. The first-order valence-electron chi connectivity index (χ1n) is 7.33. The molecule has 1 aromatic rings. The lowest BCUT2D eigenvalue weighted by atomic mass is 10.2. The van der Waals surface area contributed by atoms with Gasteiger partial charge in [0, 0.05) is 19.6 Å². The van der Waals surface area contributed by atoms with Crippen LogP contribution >= 0.6 is 0 Å². The number of sulfonamides is 2. The molecule has 126 valence electrons. The maximum Gasteiger partial charge on any atom is 0.240 e. The van der Waals surface area contributed by atoms with Gasteiger partial charge in [-0.2, -0.15) is 0 Å². The fourth-order valence-corrected chi connectivity index (χ4v) is 4.60. The van der Waals surface area contributed by atoms with Gasteiger partial charge in [0.2, 0.25) is 20.0 Å². The normalized spacial score (nSPS) is 12.7. The van der Waals surface area contributed by atoms with Crippen molar-refractivity contribution < 1.29 is 16.8 Å². The molecule has 0 amide bonds. The molecule has 0 aliphatic rings. The fourth-order valence-electron chi connectivity index (χ4n) is 2.04. The van der Waals surface area contributed by atoms with Gasteiger partial charge in [-0.25, -0.2) is 25.9 Å². The Morgan fingerprint density at radius 2 is 1.50 bits per heavy atom. The molecule has 0 atom stereocenters. The third-order valence-corrected chi connectivity index (χ3v) is 6.89. The lowest BCUT2D eigenvalue weighted by molar-refractivity contribution is 0.445. The van der Waals surface area contributed by atoms with E-state index >= 15 is 0 Å². The largest absolute Gasteiger partial charge is 0.240 e. The van der Waals surface area contributed by atoms with Gasteiger partial charge in [0.15, 0.2) is 0 Å². The van der Waals surface area contributed by atoms with E-state index in [1.165, 1.54) is 16.4 Å². The van der Waals surface area contributed by atoms with Crippen molar-refractivity contribution >= 4 is 20.0 Å². The van der Waals surface area contributed by atoms with Crippen molar-refractivity contribution in [3.05, 3.63) is 29.8 Å². The highest BCUT2D eigenvalue weighted by Gasteiger charge is 2.20. The van der Waals surface area contributed by atoms with Crippen LogP contribution in [0.4, 0.5) is 0 Å². The van der Waals surface area contributed by atoms with Crippen molar-refractivity contribution in [1.82, 2.24) is 9.03 Å². The van der Waals surface area contributed by atoms with Crippen LogP contribution in [-0.2, 0) is 26.5 Å². The Morgan fingerprint density at radius 1 is 0.955 bits per heavy atom. The molecule has 6 nitrogen and oxygen atoms in total. The molecule has 0 bridgehead atoms. The Balaban J connectivity index is 2.70. The fraction of sp³-hybridized carbons (Fsp3) is 0.571. The zero-order chi connectivity index (χ0) is 16.8. The van der Waals surface area contributed by atoms with Crippen LogP contribution in [0.25, 0.3) is 0 Å². The average Bonchev–Trinajstić information content (AvgIpc) is 2.47. The summed E-state index contributed by atoms with van der Waals surface area (Å²) in [5, 5.41) is 0. The standard InChI is InChI=1S/C14H24N2O4S2/c1-4-13-7-9-14(10-8-13)22(19,20)15-11-12-21(17,18)16(5-2)6-3/h7-10,15H,4-6,11-12H2,1-3H3. The quantitative estimate of drug-likeness (QED) is 0.727. The summed E-state index contributed by atoms with van der Waals surface area (Å²) < 4.78 is 51.8. The summed E-state index contributed by atoms with van der Waals surface area (Å²) in [5.74, 6) is -0.249. The number of hydrogen-bond donors (Lipinski definition) is 1. The molecule has 0 saturated heterocycles. The van der Waals surface area contributed by atoms with E-state index in [-0.39, 0.29) is 17.2 Å². The Hall–Kier alpha value is -0.960. The first kappa shape index (κ1) is 19.1. The molecule has 0 radical (unpaired) electrons. The van der Waals surface area contributed by atoms with Crippen molar-refractivity contribution in [2.75, 3.05) is 25.4 Å². The second kappa shape index (κ2) is 8.05. The first-order valence-corrected chi connectivity index (χ1v) is 10.4. The highest BCUT2D eigenvalue weighted by Crippen LogP contribution is 2.11. The molecule has 8 heteroatoms. The van der Waals surface area contributed by atoms with Gasteiger partial charge in [-0.15, -0.1) is 0 Å². The van der Waals surface area contributed by atoms with Crippen LogP contribution < -0.4 is 4.72 Å². The van der Waals surface area contributed by atoms with E-state index in [0.717, 1.165) is 12.0 Å². The van der Waals surface area contributed by atoms with Gasteiger partial charge in [0.25, 0.3) is 0 Å². The minimum absolute atomic E-state index is 0.142. The number of aryl methyl sites for hydroxylation is 1. The monoisotopic (exact) mass is 348 g/mol. The average molecular weight is 348 g/mol. The third kappa shape index (κ3) is 5.05. The van der Waals surface area contributed by atoms with E-state index in [9.17, 15) is 16.8 Å². The molecular formula is C14H24N2O4S2. The number of nitrogens with one attached hydrogen (secondary N) is 1. The van der Waals surface area contributed by atoms with E-state index < -0.39 is 20.0 Å². The van der Waals surface area contributed by atoms with Crippen molar-refractivity contribution in [2.45, 2.75) is 32.1 Å². The number of rotatable bonds is 9. The molecule has 0 spiro atoms. The molecule has 0 fully saturated rings. The van der Waals surface area contributed by atoms with Gasteiger partial charge in [0.1, 0.15) is 0 Å². The van der Waals surface area contributed by atoms with Gasteiger partial charge in [0.05, 0.1) is 10.6 Å². The Labute approximate surface area is 133 Å². The molecule has 1 N–H and O–H groups in total. The molecule has 0 aliphatic heterocycles. The summed E-state index contributed by atoms with van der Waals surface area (Å²) in [7, 11) is -7.11. The minimum atomic E-state index is -3.68. The molecule has 1 rings (SSSR count). The number of nitrogens with zero attached hydrogens (tertiary/aromatic N) is 1. The summed E-state index contributed by atoms with van der Waals surface area (Å²) in [6.45, 7) is 6.10. The molecule has 0 aromatic heterocycles. The third-order valence-electron chi connectivity index (χ3n) is 3.39. The molecular weight excluding hydrogens is 324 g/mol. The summed E-state index contributed by atoms with van der Waals surface area (Å²) in [6, 6.07) is 6.56. The van der Waals surface area contributed by atoms with E-state index in [1.807, 2.05) is 6.92 Å². The first-order chi connectivity index (χ1) is 10.3.